The molecule has 3 rings (SSSR count). The summed E-state index contributed by atoms with van der Waals surface area (Å²) in [6.07, 6.45) is 2.03. The van der Waals surface area contributed by atoms with Crippen LogP contribution in [0.1, 0.15) is 39.4 Å². The topological polar surface area (TPSA) is 85.0 Å². The van der Waals surface area contributed by atoms with E-state index in [1.54, 1.807) is 11.1 Å². The highest BCUT2D eigenvalue weighted by molar-refractivity contribution is 5.82. The van der Waals surface area contributed by atoms with Gasteiger partial charge >= 0.3 is 6.09 Å². The van der Waals surface area contributed by atoms with Crippen molar-refractivity contribution in [2.75, 3.05) is 20.2 Å². The number of amides is 1. The van der Waals surface area contributed by atoms with E-state index in [0.717, 1.165) is 5.39 Å². The number of piperidine rings is 1. The van der Waals surface area contributed by atoms with E-state index in [0.29, 0.717) is 43.2 Å². The predicted octanol–water partition coefficient (Wildman–Crippen LogP) is 3.05. The molecule has 7 heteroatoms. The van der Waals surface area contributed by atoms with Gasteiger partial charge in [0.2, 0.25) is 0 Å². The summed E-state index contributed by atoms with van der Waals surface area (Å²) in [5.74, 6) is 0.858. The predicted molar refractivity (Wildman–Crippen MR) is 91.5 cm³/mol. The Labute approximate surface area is 146 Å². The molecule has 0 atom stereocenters. The molecule has 1 saturated heterocycles. The molecule has 1 amide bonds. The van der Waals surface area contributed by atoms with Crippen molar-refractivity contribution in [3.8, 4) is 5.88 Å². The van der Waals surface area contributed by atoms with Crippen LogP contribution in [0, 0.1) is 0 Å². The van der Waals surface area contributed by atoms with E-state index in [1.165, 1.54) is 7.11 Å². The number of methoxy groups -OCH3 is 1. The lowest BCUT2D eigenvalue weighted by atomic mass is 9.89. The van der Waals surface area contributed by atoms with Crippen LogP contribution in [0.5, 0.6) is 5.88 Å². The zero-order valence-electron chi connectivity index (χ0n) is 15.0. The Balaban J connectivity index is 1.75. The Hall–Kier alpha value is -2.28. The fraction of sp³-hybridized carbons (Fsp3) is 0.556. The van der Waals surface area contributed by atoms with E-state index in [-0.39, 0.29) is 6.09 Å². The standard InChI is InChI=1S/C18H24N2O5/c1-17(2,3)25-16(21)20-9-6-18(22,7-10-20)13-11-12-5-8-19-15(23-4)14(12)24-13/h5,8,11,22H,6-7,9-10H2,1-4H3. The Morgan fingerprint density at radius 2 is 2.04 bits per heavy atom. The molecule has 0 radical (unpaired) electrons. The SMILES string of the molecule is COc1nccc2cc(C3(O)CCN(C(=O)OC(C)(C)C)CC3)oc12. The van der Waals surface area contributed by atoms with Gasteiger partial charge in [-0.15, -0.1) is 0 Å². The summed E-state index contributed by atoms with van der Waals surface area (Å²) < 4.78 is 16.4. The van der Waals surface area contributed by atoms with Crippen molar-refractivity contribution in [1.29, 1.82) is 0 Å². The first-order valence-electron chi connectivity index (χ1n) is 8.35. The van der Waals surface area contributed by atoms with Gasteiger partial charge in [0.05, 0.1) is 7.11 Å². The third kappa shape index (κ3) is 3.56. The molecule has 0 saturated carbocycles. The summed E-state index contributed by atoms with van der Waals surface area (Å²) in [6, 6.07) is 3.62. The molecule has 1 N–H and O–H groups in total. The minimum Gasteiger partial charge on any atom is -0.478 e. The molecule has 1 aliphatic heterocycles. The van der Waals surface area contributed by atoms with E-state index >= 15 is 0 Å². The van der Waals surface area contributed by atoms with Crippen molar-refractivity contribution in [1.82, 2.24) is 9.88 Å². The lowest BCUT2D eigenvalue weighted by Gasteiger charge is -2.37. The molecule has 0 aliphatic carbocycles. The third-order valence-corrected chi connectivity index (χ3v) is 4.30. The third-order valence-electron chi connectivity index (χ3n) is 4.30. The maximum absolute atomic E-state index is 12.2. The van der Waals surface area contributed by atoms with Crippen LogP contribution < -0.4 is 4.74 Å². The highest BCUT2D eigenvalue weighted by Gasteiger charge is 2.39. The number of furan rings is 1. The normalized spacial score (nSPS) is 17.6. The number of nitrogens with zero attached hydrogens (tertiary/aromatic N) is 2. The van der Waals surface area contributed by atoms with E-state index in [1.807, 2.05) is 32.9 Å². The summed E-state index contributed by atoms with van der Waals surface area (Å²) in [6.45, 7) is 6.30. The second kappa shape index (κ2) is 6.22. The lowest BCUT2D eigenvalue weighted by molar-refractivity contribution is -0.0472. The van der Waals surface area contributed by atoms with Crippen LogP contribution in [0.4, 0.5) is 4.79 Å². The first kappa shape index (κ1) is 17.5. The van der Waals surface area contributed by atoms with Crippen molar-refractivity contribution in [2.24, 2.45) is 0 Å². The second-order valence-corrected chi connectivity index (χ2v) is 7.35. The number of rotatable bonds is 2. The average Bonchev–Trinajstić information content (AvgIpc) is 2.98. The quantitative estimate of drug-likeness (QED) is 0.898. The summed E-state index contributed by atoms with van der Waals surface area (Å²) in [4.78, 5) is 17.9. The zero-order chi connectivity index (χ0) is 18.2. The number of ether oxygens (including phenoxy) is 2. The molecule has 3 heterocycles. The largest absolute Gasteiger partial charge is 0.478 e. The molecule has 1 fully saturated rings. The Kier molecular flexibility index (Phi) is 4.36. The van der Waals surface area contributed by atoms with E-state index in [4.69, 9.17) is 13.9 Å². The maximum atomic E-state index is 12.2. The highest BCUT2D eigenvalue weighted by atomic mass is 16.6. The van der Waals surface area contributed by atoms with Gasteiger partial charge in [0.25, 0.3) is 5.88 Å². The van der Waals surface area contributed by atoms with Crippen LogP contribution >= 0.6 is 0 Å². The average molecular weight is 348 g/mol. The second-order valence-electron chi connectivity index (χ2n) is 7.35. The van der Waals surface area contributed by atoms with Gasteiger partial charge in [0.1, 0.15) is 17.0 Å². The van der Waals surface area contributed by atoms with Crippen molar-refractivity contribution >= 4 is 17.1 Å². The number of carbonyl (C=O) groups excluding carboxylic acids is 1. The van der Waals surface area contributed by atoms with Gasteiger partial charge in [-0.1, -0.05) is 0 Å². The maximum Gasteiger partial charge on any atom is 0.410 e. The number of aliphatic hydroxyl groups is 1. The first-order valence-corrected chi connectivity index (χ1v) is 8.35. The highest BCUT2D eigenvalue weighted by Crippen LogP contribution is 2.38. The number of hydrogen-bond donors (Lipinski definition) is 1. The fourth-order valence-corrected chi connectivity index (χ4v) is 2.95. The van der Waals surface area contributed by atoms with Crippen LogP contribution in [0.3, 0.4) is 0 Å². The van der Waals surface area contributed by atoms with Gasteiger partial charge in [-0.2, -0.15) is 0 Å². The summed E-state index contributed by atoms with van der Waals surface area (Å²) in [5, 5.41) is 11.8. The molecular formula is C18H24N2O5. The fourth-order valence-electron chi connectivity index (χ4n) is 2.95. The smallest absolute Gasteiger partial charge is 0.410 e. The van der Waals surface area contributed by atoms with Crippen LogP contribution in [0.15, 0.2) is 22.7 Å². The zero-order valence-corrected chi connectivity index (χ0v) is 15.0. The van der Waals surface area contributed by atoms with Crippen molar-refractivity contribution < 1.29 is 23.8 Å². The summed E-state index contributed by atoms with van der Waals surface area (Å²) >= 11 is 0. The van der Waals surface area contributed by atoms with Crippen LogP contribution in [-0.4, -0.2) is 46.9 Å². The van der Waals surface area contributed by atoms with E-state index in [2.05, 4.69) is 4.98 Å². The number of pyridine rings is 1. The van der Waals surface area contributed by atoms with E-state index in [9.17, 15) is 9.90 Å². The lowest BCUT2D eigenvalue weighted by Crippen LogP contribution is -2.46. The van der Waals surface area contributed by atoms with Gasteiger partial charge in [-0.25, -0.2) is 9.78 Å². The number of aromatic nitrogens is 1. The number of carbonyl (C=O) groups is 1. The molecule has 1 aliphatic rings. The molecule has 2 aromatic heterocycles. The van der Waals surface area contributed by atoms with Crippen molar-refractivity contribution in [2.45, 2.75) is 44.8 Å². The monoisotopic (exact) mass is 348 g/mol. The van der Waals surface area contributed by atoms with Gasteiger partial charge in [0.15, 0.2) is 5.58 Å². The Morgan fingerprint density at radius 1 is 1.36 bits per heavy atom. The molecule has 0 unspecified atom stereocenters. The molecule has 0 aromatic carbocycles. The van der Waals surface area contributed by atoms with Gasteiger partial charge < -0.3 is 23.9 Å². The summed E-state index contributed by atoms with van der Waals surface area (Å²) in [7, 11) is 1.53. The molecule has 7 nitrogen and oxygen atoms in total. The molecule has 0 bridgehead atoms. The molecule has 25 heavy (non-hydrogen) atoms. The van der Waals surface area contributed by atoms with Gasteiger partial charge in [-0.05, 0) is 32.9 Å². The number of fused-ring (bicyclic) bond motifs is 1. The summed E-state index contributed by atoms with van der Waals surface area (Å²) in [5.41, 5.74) is -1.14. The van der Waals surface area contributed by atoms with Gasteiger partial charge in [0, 0.05) is 37.5 Å². The number of likely N-dealkylation sites (tertiary alicyclic amines) is 1. The number of hydrogen-bond acceptors (Lipinski definition) is 6. The van der Waals surface area contributed by atoms with Crippen molar-refractivity contribution in [3.63, 3.8) is 0 Å². The molecular weight excluding hydrogens is 324 g/mol. The Morgan fingerprint density at radius 3 is 2.64 bits per heavy atom. The molecule has 136 valence electrons. The van der Waals surface area contributed by atoms with Crippen LogP contribution in [0.25, 0.3) is 11.0 Å². The van der Waals surface area contributed by atoms with Crippen molar-refractivity contribution in [3.05, 3.63) is 24.1 Å². The van der Waals surface area contributed by atoms with Crippen LogP contribution in [0.2, 0.25) is 0 Å². The first-order chi connectivity index (χ1) is 11.7. The van der Waals surface area contributed by atoms with Crippen LogP contribution in [-0.2, 0) is 10.3 Å². The molecule has 2 aromatic rings. The Bertz CT molecular complexity index is 769. The minimum atomic E-state index is -1.12. The molecule has 0 spiro atoms. The minimum absolute atomic E-state index is 0.356. The van der Waals surface area contributed by atoms with E-state index < -0.39 is 11.2 Å². The van der Waals surface area contributed by atoms with Gasteiger partial charge in [-0.3, -0.25) is 0 Å².